The summed E-state index contributed by atoms with van der Waals surface area (Å²) in [4.78, 5) is 100. The highest BCUT2D eigenvalue weighted by molar-refractivity contribution is 7.46. The van der Waals surface area contributed by atoms with E-state index in [2.05, 4.69) is 20.5 Å². The van der Waals surface area contributed by atoms with Crippen LogP contribution in [0.5, 0.6) is 5.75 Å². The lowest BCUT2D eigenvalue weighted by Crippen LogP contribution is -2.58. The van der Waals surface area contributed by atoms with Gasteiger partial charge in [-0.2, -0.15) is 0 Å². The minimum Gasteiger partial charge on any atom is -0.461 e. The number of hydrogen-bond acceptors (Lipinski definition) is 9. The van der Waals surface area contributed by atoms with Crippen LogP contribution in [0, 0.1) is 5.92 Å². The van der Waals surface area contributed by atoms with Crippen molar-refractivity contribution in [2.24, 2.45) is 11.7 Å². The fraction of sp³-hybridized carbons (Fsp3) is 0.415. The lowest BCUT2D eigenvalue weighted by atomic mass is 9.93. The van der Waals surface area contributed by atoms with Gasteiger partial charge >= 0.3 is 13.8 Å². The van der Waals surface area contributed by atoms with Crippen molar-refractivity contribution in [1.29, 1.82) is 0 Å². The molecule has 3 aromatic carbocycles. The molecule has 2 aliphatic rings. The molecule has 2 heterocycles. The molecule has 16 nitrogen and oxygen atoms in total. The zero-order chi connectivity index (χ0) is 41.7. The molecule has 5 rings (SSSR count). The van der Waals surface area contributed by atoms with Gasteiger partial charge in [0.25, 0.3) is 0 Å². The van der Waals surface area contributed by atoms with Gasteiger partial charge in [-0.15, -0.1) is 0 Å². The van der Waals surface area contributed by atoms with Gasteiger partial charge in [0.05, 0.1) is 12.3 Å². The van der Waals surface area contributed by atoms with Crippen LogP contribution < -0.4 is 26.2 Å². The molecule has 17 heteroatoms. The van der Waals surface area contributed by atoms with Gasteiger partial charge in [-0.3, -0.25) is 38.6 Å². The number of nitrogens with one attached hydrogen (secondary N) is 3. The number of primary amides is 1. The summed E-state index contributed by atoms with van der Waals surface area (Å²) in [6.45, 7) is 0.184. The molecule has 2 saturated heterocycles. The number of carbonyl (C=O) groups excluding carboxylic acids is 6. The van der Waals surface area contributed by atoms with Crippen molar-refractivity contribution < 1.29 is 52.4 Å². The van der Waals surface area contributed by atoms with Gasteiger partial charge in [0.2, 0.25) is 29.5 Å². The number of rotatable bonds is 18. The molecular weight excluding hydrogens is 769 g/mol. The highest BCUT2D eigenvalue weighted by Gasteiger charge is 2.45. The van der Waals surface area contributed by atoms with Gasteiger partial charge in [0.1, 0.15) is 30.5 Å². The molecule has 2 fully saturated rings. The number of phosphoric acid groups is 1. The van der Waals surface area contributed by atoms with E-state index in [0.29, 0.717) is 31.2 Å². The number of nitrogens with two attached hydrogens (primary N) is 1. The summed E-state index contributed by atoms with van der Waals surface area (Å²) in [6.07, 6.45) is 2.63. The number of ether oxygens (including phenoxy) is 1. The average molecular weight is 820 g/mol. The molecule has 0 bridgehead atoms. The first-order valence-electron chi connectivity index (χ1n) is 19.3. The normalized spacial score (nSPS) is 19.0. The third-order valence-corrected chi connectivity index (χ3v) is 10.7. The Morgan fingerprint density at radius 1 is 0.828 bits per heavy atom. The number of benzene rings is 3. The van der Waals surface area contributed by atoms with E-state index >= 15 is 0 Å². The first kappa shape index (κ1) is 43.6. The lowest BCUT2D eigenvalue weighted by Gasteiger charge is -2.36. The minimum absolute atomic E-state index is 0.0125. The third-order valence-electron chi connectivity index (χ3n) is 10.2. The second-order valence-corrected chi connectivity index (χ2v) is 15.7. The third kappa shape index (κ3) is 13.3. The van der Waals surface area contributed by atoms with E-state index in [1.807, 2.05) is 36.4 Å². The quantitative estimate of drug-likeness (QED) is 0.0805. The van der Waals surface area contributed by atoms with Crippen LogP contribution >= 0.6 is 7.82 Å². The molecule has 5 atom stereocenters. The maximum Gasteiger partial charge on any atom is 0.524 e. The van der Waals surface area contributed by atoms with Gasteiger partial charge in [0.15, 0.2) is 0 Å². The number of fused-ring (bicyclic) bond motifs is 1. The molecular formula is C41H50N5O11P. The number of carbonyl (C=O) groups is 6. The maximum atomic E-state index is 14.4. The summed E-state index contributed by atoms with van der Waals surface area (Å²) >= 11 is 0. The van der Waals surface area contributed by atoms with E-state index in [1.54, 1.807) is 24.3 Å². The summed E-state index contributed by atoms with van der Waals surface area (Å²) in [5.74, 6) is -4.50. The first-order chi connectivity index (χ1) is 27.8. The number of nitrogens with zero attached hydrogens (tertiary/aromatic N) is 1. The van der Waals surface area contributed by atoms with Gasteiger partial charge < -0.3 is 35.8 Å². The Balaban J connectivity index is 1.29. The predicted molar refractivity (Wildman–Crippen MR) is 210 cm³/mol. The molecule has 2 aliphatic heterocycles. The van der Waals surface area contributed by atoms with Crippen LogP contribution in [0.2, 0.25) is 0 Å². The highest BCUT2D eigenvalue weighted by Crippen LogP contribution is 2.37. The molecule has 310 valence electrons. The smallest absolute Gasteiger partial charge is 0.461 e. The summed E-state index contributed by atoms with van der Waals surface area (Å²) in [5.41, 5.74) is 7.52. The van der Waals surface area contributed by atoms with Crippen molar-refractivity contribution in [2.75, 3.05) is 0 Å². The van der Waals surface area contributed by atoms with Crippen molar-refractivity contribution in [2.45, 2.75) is 102 Å². The second kappa shape index (κ2) is 20.7. The zero-order valence-electron chi connectivity index (χ0n) is 32.0. The van der Waals surface area contributed by atoms with E-state index in [9.17, 15) is 33.3 Å². The molecule has 3 aromatic rings. The Kier molecular flexibility index (Phi) is 15.6. The Morgan fingerprint density at radius 3 is 2.14 bits per heavy atom. The molecule has 5 amide bonds. The van der Waals surface area contributed by atoms with Crippen LogP contribution in [0.15, 0.2) is 84.9 Å². The number of esters is 1. The number of phosphoric ester groups is 1. The van der Waals surface area contributed by atoms with Crippen LogP contribution in [0.25, 0.3) is 0 Å². The van der Waals surface area contributed by atoms with Crippen LogP contribution in [-0.2, 0) is 57.6 Å². The van der Waals surface area contributed by atoms with Crippen LogP contribution in [0.3, 0.4) is 0 Å². The van der Waals surface area contributed by atoms with E-state index in [4.69, 9.17) is 20.3 Å². The Labute approximate surface area is 336 Å². The molecule has 0 saturated carbocycles. The van der Waals surface area contributed by atoms with Crippen LogP contribution in [-0.4, -0.2) is 74.4 Å². The van der Waals surface area contributed by atoms with E-state index in [0.717, 1.165) is 17.5 Å². The van der Waals surface area contributed by atoms with Gasteiger partial charge in [0, 0.05) is 19.0 Å². The van der Waals surface area contributed by atoms with Gasteiger partial charge in [-0.25, -0.2) is 4.57 Å². The van der Waals surface area contributed by atoms with Crippen LogP contribution in [0.4, 0.5) is 0 Å². The number of amides is 5. The maximum absolute atomic E-state index is 14.4. The molecule has 0 aromatic heterocycles. The molecule has 7 N–H and O–H groups in total. The van der Waals surface area contributed by atoms with Crippen LogP contribution in [0.1, 0.15) is 74.5 Å². The lowest BCUT2D eigenvalue weighted by molar-refractivity contribution is -0.149. The van der Waals surface area contributed by atoms with E-state index in [1.165, 1.54) is 29.2 Å². The summed E-state index contributed by atoms with van der Waals surface area (Å²) in [7, 11) is -4.80. The SMILES string of the molecule is NC(=O)CC[C@H](NC(=O)[C@@H]1CC[C@@H]2CCCCC(NC(=O)[C@@H](CC(=O)OCc3ccccc3)Cc3ccc(OP(=O)(O)O)cc3)C(=O)N21)C(=O)NCc1ccccc1. The molecule has 0 radical (unpaired) electrons. The fourth-order valence-corrected chi connectivity index (χ4v) is 7.70. The van der Waals surface area contributed by atoms with Gasteiger partial charge in [-0.1, -0.05) is 85.6 Å². The highest BCUT2D eigenvalue weighted by atomic mass is 31.2. The molecule has 0 spiro atoms. The van der Waals surface area contributed by atoms with E-state index < -0.39 is 67.4 Å². The van der Waals surface area contributed by atoms with Gasteiger partial charge in [-0.05, 0) is 67.3 Å². The average Bonchev–Trinajstić information content (AvgIpc) is 3.62. The minimum atomic E-state index is -4.80. The monoisotopic (exact) mass is 819 g/mol. The number of hydrogen-bond donors (Lipinski definition) is 6. The van der Waals surface area contributed by atoms with Crippen molar-refractivity contribution in [3.05, 3.63) is 102 Å². The predicted octanol–water partition coefficient (Wildman–Crippen LogP) is 2.94. The Hall–Kier alpha value is -5.57. The second-order valence-electron chi connectivity index (χ2n) is 14.6. The molecule has 58 heavy (non-hydrogen) atoms. The topological polar surface area (TPSA) is 244 Å². The van der Waals surface area contributed by atoms with E-state index in [-0.39, 0.29) is 57.0 Å². The summed E-state index contributed by atoms with van der Waals surface area (Å²) < 4.78 is 21.4. The van der Waals surface area contributed by atoms with Crippen molar-refractivity contribution in [3.63, 3.8) is 0 Å². The summed E-state index contributed by atoms with van der Waals surface area (Å²) in [6, 6.07) is 20.5. The van der Waals surface area contributed by atoms with Crippen molar-refractivity contribution >= 4 is 43.3 Å². The molecule has 1 unspecified atom stereocenters. The molecule has 0 aliphatic carbocycles. The standard InChI is InChI=1S/C41H50N5O11P/c42-36(47)22-20-33(39(50)43-25-28-9-3-1-4-10-28)44-40(51)35-21-17-31-13-7-8-14-34(41(52)46(31)35)45-38(49)30(24-37(48)56-26-29-11-5-2-6-12-29)23-27-15-18-32(19-16-27)57-58(53,54)55/h1-6,9-12,15-16,18-19,30-31,33-35H,7-8,13-14,17,20-26H2,(H2,42,47)(H,43,50)(H,44,51)(H,45,49)(H2,53,54,55)/t30-,31+,33+,34?,35+/m1/s1. The van der Waals surface area contributed by atoms with Crippen molar-refractivity contribution in [3.8, 4) is 5.75 Å². The zero-order valence-corrected chi connectivity index (χ0v) is 32.9. The summed E-state index contributed by atoms with van der Waals surface area (Å²) in [5, 5.41) is 8.42. The Bertz CT molecular complexity index is 1940. The van der Waals surface area contributed by atoms with Crippen molar-refractivity contribution in [1.82, 2.24) is 20.9 Å². The Morgan fingerprint density at radius 2 is 1.48 bits per heavy atom. The largest absolute Gasteiger partial charge is 0.524 e. The fourth-order valence-electron chi connectivity index (χ4n) is 7.31. The first-order valence-corrected chi connectivity index (χ1v) is 20.8.